The lowest BCUT2D eigenvalue weighted by Gasteiger charge is -2.30. The van der Waals surface area contributed by atoms with Crippen LogP contribution in [0.25, 0.3) is 0 Å². The maximum absolute atomic E-state index is 2.49. The molecule has 0 spiro atoms. The van der Waals surface area contributed by atoms with Gasteiger partial charge in [-0.1, -0.05) is 19.1 Å². The van der Waals surface area contributed by atoms with Gasteiger partial charge in [-0.05, 0) is 19.8 Å². The molecule has 1 aliphatic rings. The van der Waals surface area contributed by atoms with Crippen LogP contribution in [0.2, 0.25) is 0 Å². The molecule has 58 valence electrons. The Balaban J connectivity index is 2.44. The number of hydrogen-bond donors (Lipinski definition) is 0. The van der Waals surface area contributed by atoms with Crippen molar-refractivity contribution in [1.82, 2.24) is 4.90 Å². The SMILES string of the molecule is CC1C=CCN(C(C)C)C1. The van der Waals surface area contributed by atoms with Crippen LogP contribution in [0.5, 0.6) is 0 Å². The normalized spacial score (nSPS) is 27.8. The van der Waals surface area contributed by atoms with E-state index in [0.717, 1.165) is 12.5 Å². The summed E-state index contributed by atoms with van der Waals surface area (Å²) in [7, 11) is 0. The van der Waals surface area contributed by atoms with Gasteiger partial charge >= 0.3 is 0 Å². The van der Waals surface area contributed by atoms with E-state index in [9.17, 15) is 0 Å². The second kappa shape index (κ2) is 3.20. The van der Waals surface area contributed by atoms with E-state index in [2.05, 4.69) is 37.8 Å². The molecule has 1 heterocycles. The first-order chi connectivity index (χ1) is 4.70. The van der Waals surface area contributed by atoms with Gasteiger partial charge in [0.1, 0.15) is 0 Å². The zero-order chi connectivity index (χ0) is 7.56. The van der Waals surface area contributed by atoms with Gasteiger partial charge in [0.2, 0.25) is 0 Å². The average Bonchev–Trinajstić information content (AvgIpc) is 1.88. The number of hydrogen-bond acceptors (Lipinski definition) is 1. The van der Waals surface area contributed by atoms with E-state index in [1.54, 1.807) is 0 Å². The maximum atomic E-state index is 2.49. The van der Waals surface area contributed by atoms with Gasteiger partial charge in [0.15, 0.2) is 0 Å². The summed E-state index contributed by atoms with van der Waals surface area (Å²) in [6, 6.07) is 0.701. The van der Waals surface area contributed by atoms with Crippen LogP contribution in [-0.4, -0.2) is 24.0 Å². The van der Waals surface area contributed by atoms with Crippen LogP contribution in [0.15, 0.2) is 12.2 Å². The summed E-state index contributed by atoms with van der Waals surface area (Å²) >= 11 is 0. The summed E-state index contributed by atoms with van der Waals surface area (Å²) in [5, 5.41) is 0. The minimum Gasteiger partial charge on any atom is -0.297 e. The lowest BCUT2D eigenvalue weighted by atomic mass is 10.1. The molecule has 1 atom stereocenters. The highest BCUT2D eigenvalue weighted by Gasteiger charge is 2.13. The minimum atomic E-state index is 0.701. The third kappa shape index (κ3) is 1.84. The summed E-state index contributed by atoms with van der Waals surface area (Å²) in [6.45, 7) is 9.15. The van der Waals surface area contributed by atoms with E-state index in [4.69, 9.17) is 0 Å². The standard InChI is InChI=1S/C9H17N/c1-8(2)10-6-4-5-9(3)7-10/h4-5,8-9H,6-7H2,1-3H3. The molecule has 0 fully saturated rings. The van der Waals surface area contributed by atoms with Gasteiger partial charge in [-0.3, -0.25) is 4.90 Å². The molecule has 1 rings (SSSR count). The van der Waals surface area contributed by atoms with Gasteiger partial charge in [-0.25, -0.2) is 0 Å². The molecule has 0 bridgehead atoms. The molecule has 0 saturated heterocycles. The first kappa shape index (κ1) is 7.80. The van der Waals surface area contributed by atoms with Crippen molar-refractivity contribution in [3.63, 3.8) is 0 Å². The zero-order valence-electron chi connectivity index (χ0n) is 7.17. The second-order valence-corrected chi connectivity index (χ2v) is 3.45. The van der Waals surface area contributed by atoms with Crippen molar-refractivity contribution in [3.8, 4) is 0 Å². The molecule has 1 heteroatoms. The van der Waals surface area contributed by atoms with Crippen LogP contribution in [0.4, 0.5) is 0 Å². The molecular formula is C9H17N. The smallest absolute Gasteiger partial charge is 0.0166 e. The van der Waals surface area contributed by atoms with Crippen molar-refractivity contribution in [3.05, 3.63) is 12.2 Å². The predicted molar refractivity (Wildman–Crippen MR) is 45.0 cm³/mol. The molecule has 10 heavy (non-hydrogen) atoms. The summed E-state index contributed by atoms with van der Waals surface area (Å²) in [4.78, 5) is 2.49. The molecule has 1 unspecified atom stereocenters. The molecule has 0 aromatic heterocycles. The molecule has 0 aliphatic carbocycles. The molecule has 0 N–H and O–H groups in total. The Labute approximate surface area is 63.7 Å². The Morgan fingerprint density at radius 3 is 2.60 bits per heavy atom. The third-order valence-corrected chi connectivity index (χ3v) is 2.06. The van der Waals surface area contributed by atoms with Crippen molar-refractivity contribution in [2.24, 2.45) is 5.92 Å². The van der Waals surface area contributed by atoms with E-state index in [1.807, 2.05) is 0 Å². The molecule has 0 saturated carbocycles. The van der Waals surface area contributed by atoms with Crippen molar-refractivity contribution in [2.45, 2.75) is 26.8 Å². The summed E-state index contributed by atoms with van der Waals surface area (Å²) < 4.78 is 0. The van der Waals surface area contributed by atoms with E-state index < -0.39 is 0 Å². The van der Waals surface area contributed by atoms with E-state index >= 15 is 0 Å². The fraction of sp³-hybridized carbons (Fsp3) is 0.778. The van der Waals surface area contributed by atoms with Gasteiger partial charge in [-0.2, -0.15) is 0 Å². The molecule has 0 aromatic carbocycles. The Bertz CT molecular complexity index is 127. The lowest BCUT2D eigenvalue weighted by molar-refractivity contribution is 0.217. The molecular weight excluding hydrogens is 122 g/mol. The predicted octanol–water partition coefficient (Wildman–Crippen LogP) is 1.90. The van der Waals surface area contributed by atoms with Gasteiger partial charge < -0.3 is 0 Å². The fourth-order valence-corrected chi connectivity index (χ4v) is 1.36. The van der Waals surface area contributed by atoms with Gasteiger partial charge in [-0.15, -0.1) is 0 Å². The van der Waals surface area contributed by atoms with E-state index in [1.165, 1.54) is 6.54 Å². The van der Waals surface area contributed by atoms with Gasteiger partial charge in [0.25, 0.3) is 0 Å². The quantitative estimate of drug-likeness (QED) is 0.501. The topological polar surface area (TPSA) is 3.24 Å². The van der Waals surface area contributed by atoms with Crippen LogP contribution in [0, 0.1) is 5.92 Å². The number of nitrogens with zero attached hydrogens (tertiary/aromatic N) is 1. The Hall–Kier alpha value is -0.300. The van der Waals surface area contributed by atoms with Crippen LogP contribution < -0.4 is 0 Å². The summed E-state index contributed by atoms with van der Waals surface area (Å²) in [6.07, 6.45) is 4.58. The molecule has 0 aromatic rings. The lowest BCUT2D eigenvalue weighted by Crippen LogP contribution is -2.36. The maximum Gasteiger partial charge on any atom is 0.0166 e. The third-order valence-electron chi connectivity index (χ3n) is 2.06. The van der Waals surface area contributed by atoms with Crippen molar-refractivity contribution < 1.29 is 0 Å². The first-order valence-corrected chi connectivity index (χ1v) is 4.11. The van der Waals surface area contributed by atoms with E-state index in [-0.39, 0.29) is 0 Å². The number of rotatable bonds is 1. The van der Waals surface area contributed by atoms with Crippen LogP contribution in [-0.2, 0) is 0 Å². The average molecular weight is 139 g/mol. The molecule has 1 nitrogen and oxygen atoms in total. The highest BCUT2D eigenvalue weighted by atomic mass is 15.1. The fourth-order valence-electron chi connectivity index (χ4n) is 1.36. The van der Waals surface area contributed by atoms with E-state index in [0.29, 0.717) is 6.04 Å². The highest BCUT2D eigenvalue weighted by molar-refractivity contribution is 4.95. The summed E-state index contributed by atoms with van der Waals surface area (Å²) in [5.41, 5.74) is 0. The molecule has 0 radical (unpaired) electrons. The van der Waals surface area contributed by atoms with Gasteiger partial charge in [0, 0.05) is 19.1 Å². The Morgan fingerprint density at radius 2 is 2.20 bits per heavy atom. The minimum absolute atomic E-state index is 0.701. The van der Waals surface area contributed by atoms with Gasteiger partial charge in [0.05, 0.1) is 0 Å². The Kier molecular flexibility index (Phi) is 2.50. The van der Waals surface area contributed by atoms with Crippen molar-refractivity contribution in [2.75, 3.05) is 13.1 Å². The first-order valence-electron chi connectivity index (χ1n) is 4.11. The molecule has 0 amide bonds. The molecule has 1 aliphatic heterocycles. The second-order valence-electron chi connectivity index (χ2n) is 3.45. The summed E-state index contributed by atoms with van der Waals surface area (Å²) in [5.74, 6) is 0.746. The van der Waals surface area contributed by atoms with Crippen LogP contribution in [0.1, 0.15) is 20.8 Å². The van der Waals surface area contributed by atoms with Crippen molar-refractivity contribution >= 4 is 0 Å². The van der Waals surface area contributed by atoms with Crippen LogP contribution >= 0.6 is 0 Å². The zero-order valence-corrected chi connectivity index (χ0v) is 7.17. The largest absolute Gasteiger partial charge is 0.297 e. The van der Waals surface area contributed by atoms with Crippen LogP contribution in [0.3, 0.4) is 0 Å². The highest BCUT2D eigenvalue weighted by Crippen LogP contribution is 2.10. The Morgan fingerprint density at radius 1 is 1.50 bits per heavy atom. The monoisotopic (exact) mass is 139 g/mol. The van der Waals surface area contributed by atoms with Crippen molar-refractivity contribution in [1.29, 1.82) is 0 Å².